The van der Waals surface area contributed by atoms with Gasteiger partial charge in [0.15, 0.2) is 5.76 Å². The minimum atomic E-state index is -6.37. The van der Waals surface area contributed by atoms with Crippen molar-refractivity contribution in [1.29, 1.82) is 0 Å². The van der Waals surface area contributed by atoms with Crippen molar-refractivity contribution in [2.24, 2.45) is 0 Å². The summed E-state index contributed by atoms with van der Waals surface area (Å²) in [5.41, 5.74) is 0. The molecule has 0 aliphatic heterocycles. The molecule has 0 bridgehead atoms. The first-order valence-electron chi connectivity index (χ1n) is 4.95. The monoisotopic (exact) mass is 312 g/mol. The standard InChI is InChI=1S/C9H7F7O4/c10-7(11,8(12,13)9(14,15)16)1-2-18-3-5-4-19-6(17)20-5/h4H,1-3H2. The Kier molecular flexibility index (Phi) is 4.52. The van der Waals surface area contributed by atoms with Crippen LogP contribution in [0.1, 0.15) is 12.2 Å². The zero-order valence-electron chi connectivity index (χ0n) is 9.48. The zero-order valence-corrected chi connectivity index (χ0v) is 9.48. The number of halogens is 7. The van der Waals surface area contributed by atoms with Gasteiger partial charge in [-0.2, -0.15) is 30.7 Å². The molecular formula is C9H7F7O4. The molecule has 0 fully saturated rings. The molecule has 0 saturated carbocycles. The predicted octanol–water partition coefficient (Wildman–Crippen LogP) is 2.97. The SMILES string of the molecule is O=c1occ(COCCC(F)(F)C(F)(F)C(F)(F)F)o1. The molecule has 0 spiro atoms. The minimum absolute atomic E-state index is 0.221. The quantitative estimate of drug-likeness (QED) is 0.598. The Hall–Kier alpha value is -1.52. The average Bonchev–Trinajstić information content (AvgIpc) is 2.69. The number of alkyl halides is 7. The van der Waals surface area contributed by atoms with Gasteiger partial charge >= 0.3 is 23.8 Å². The van der Waals surface area contributed by atoms with Crippen LogP contribution in [0, 0.1) is 0 Å². The van der Waals surface area contributed by atoms with Crippen molar-refractivity contribution in [2.45, 2.75) is 31.0 Å². The Bertz CT molecular complexity index is 487. The van der Waals surface area contributed by atoms with Crippen LogP contribution in [0.3, 0.4) is 0 Å². The lowest BCUT2D eigenvalue weighted by molar-refractivity contribution is -0.356. The van der Waals surface area contributed by atoms with Crippen molar-refractivity contribution >= 4 is 0 Å². The third-order valence-corrected chi connectivity index (χ3v) is 2.12. The molecule has 0 amide bonds. The number of ether oxygens (including phenoxy) is 1. The van der Waals surface area contributed by atoms with E-state index in [4.69, 9.17) is 0 Å². The van der Waals surface area contributed by atoms with E-state index in [1.54, 1.807) is 0 Å². The van der Waals surface area contributed by atoms with Crippen molar-refractivity contribution in [3.63, 3.8) is 0 Å². The van der Waals surface area contributed by atoms with E-state index in [2.05, 4.69) is 13.6 Å². The van der Waals surface area contributed by atoms with Gasteiger partial charge in [-0.1, -0.05) is 0 Å². The number of hydrogen-bond acceptors (Lipinski definition) is 4. The molecule has 0 radical (unpaired) electrons. The first-order chi connectivity index (χ1) is 8.97. The third-order valence-electron chi connectivity index (χ3n) is 2.12. The molecule has 116 valence electrons. The molecule has 0 saturated heterocycles. The van der Waals surface area contributed by atoms with Crippen LogP contribution < -0.4 is 5.82 Å². The molecule has 4 nitrogen and oxygen atoms in total. The summed E-state index contributed by atoms with van der Waals surface area (Å²) in [6, 6.07) is 0. The molecule has 0 unspecified atom stereocenters. The molecule has 1 rings (SSSR count). The largest absolute Gasteiger partial charge is 0.518 e. The normalized spacial score (nSPS) is 13.8. The van der Waals surface area contributed by atoms with Gasteiger partial charge in [-0.3, -0.25) is 0 Å². The lowest BCUT2D eigenvalue weighted by Crippen LogP contribution is -2.52. The molecule has 1 aromatic heterocycles. The van der Waals surface area contributed by atoms with E-state index in [1.807, 2.05) is 0 Å². The topological polar surface area (TPSA) is 52.6 Å². The second-order valence-corrected chi connectivity index (χ2v) is 3.63. The average molecular weight is 312 g/mol. The molecule has 0 aliphatic carbocycles. The summed E-state index contributed by atoms with van der Waals surface area (Å²) >= 11 is 0. The molecule has 0 atom stereocenters. The molecule has 0 aliphatic rings. The second kappa shape index (κ2) is 5.46. The maximum atomic E-state index is 12.8. The summed E-state index contributed by atoms with van der Waals surface area (Å²) in [6.45, 7) is -1.69. The third kappa shape index (κ3) is 3.52. The summed E-state index contributed by atoms with van der Waals surface area (Å²) in [4.78, 5) is 10.4. The Labute approximate surface area is 106 Å². The molecule has 0 aromatic carbocycles. The van der Waals surface area contributed by atoms with E-state index in [1.165, 1.54) is 0 Å². The van der Waals surface area contributed by atoms with Gasteiger partial charge in [-0.15, -0.1) is 0 Å². The Morgan fingerprint density at radius 1 is 1.10 bits per heavy atom. The van der Waals surface area contributed by atoms with Crippen LogP contribution in [-0.2, 0) is 11.3 Å². The van der Waals surface area contributed by atoms with E-state index in [0.717, 1.165) is 6.26 Å². The van der Waals surface area contributed by atoms with E-state index in [9.17, 15) is 35.5 Å². The van der Waals surface area contributed by atoms with Crippen molar-refractivity contribution < 1.29 is 44.3 Å². The van der Waals surface area contributed by atoms with Crippen molar-refractivity contribution in [3.8, 4) is 0 Å². The minimum Gasteiger partial charge on any atom is -0.399 e. The van der Waals surface area contributed by atoms with Gasteiger partial charge in [-0.25, -0.2) is 4.79 Å². The highest BCUT2D eigenvalue weighted by atomic mass is 19.4. The van der Waals surface area contributed by atoms with Gasteiger partial charge in [0.05, 0.1) is 6.61 Å². The van der Waals surface area contributed by atoms with Gasteiger partial charge in [0.1, 0.15) is 12.9 Å². The molecular weight excluding hydrogens is 305 g/mol. The predicted molar refractivity (Wildman–Crippen MR) is 47.5 cm³/mol. The fraction of sp³-hybridized carbons (Fsp3) is 0.667. The van der Waals surface area contributed by atoms with Gasteiger partial charge in [-0.05, 0) is 0 Å². The number of hydrogen-bond donors (Lipinski definition) is 0. The van der Waals surface area contributed by atoms with E-state index < -0.39 is 43.5 Å². The molecule has 1 aromatic rings. The fourth-order valence-corrected chi connectivity index (χ4v) is 1.07. The van der Waals surface area contributed by atoms with E-state index >= 15 is 0 Å². The zero-order chi connectivity index (χ0) is 15.6. The lowest BCUT2D eigenvalue weighted by atomic mass is 10.1. The van der Waals surface area contributed by atoms with Crippen molar-refractivity contribution in [1.82, 2.24) is 0 Å². The Morgan fingerprint density at radius 2 is 1.70 bits per heavy atom. The van der Waals surface area contributed by atoms with Gasteiger partial charge in [0.2, 0.25) is 0 Å². The Balaban J connectivity index is 2.49. The van der Waals surface area contributed by atoms with Crippen molar-refractivity contribution in [3.05, 3.63) is 22.6 Å². The first-order valence-corrected chi connectivity index (χ1v) is 4.95. The molecule has 20 heavy (non-hydrogen) atoms. The lowest BCUT2D eigenvalue weighted by Gasteiger charge is -2.27. The van der Waals surface area contributed by atoms with Crippen LogP contribution in [0.25, 0.3) is 0 Å². The summed E-state index contributed by atoms with van der Waals surface area (Å²) in [7, 11) is 0. The maximum Gasteiger partial charge on any atom is 0.518 e. The maximum absolute atomic E-state index is 12.8. The van der Waals surface area contributed by atoms with Gasteiger partial charge in [0.25, 0.3) is 0 Å². The van der Waals surface area contributed by atoms with Crippen LogP contribution in [0.5, 0.6) is 0 Å². The van der Waals surface area contributed by atoms with Crippen LogP contribution >= 0.6 is 0 Å². The highest BCUT2D eigenvalue weighted by Crippen LogP contribution is 2.47. The van der Waals surface area contributed by atoms with Crippen LogP contribution in [0.2, 0.25) is 0 Å². The highest BCUT2D eigenvalue weighted by molar-refractivity contribution is 4.91. The van der Waals surface area contributed by atoms with Gasteiger partial charge < -0.3 is 13.6 Å². The molecule has 1 heterocycles. The summed E-state index contributed by atoms with van der Waals surface area (Å²) in [5.74, 6) is -12.8. The van der Waals surface area contributed by atoms with Crippen LogP contribution in [0.4, 0.5) is 30.7 Å². The Morgan fingerprint density at radius 3 is 2.15 bits per heavy atom. The van der Waals surface area contributed by atoms with E-state index in [0.29, 0.717) is 0 Å². The van der Waals surface area contributed by atoms with Crippen molar-refractivity contribution in [2.75, 3.05) is 6.61 Å². The number of rotatable bonds is 6. The summed E-state index contributed by atoms with van der Waals surface area (Å²) < 4.78 is 98.6. The van der Waals surface area contributed by atoms with Crippen LogP contribution in [-0.4, -0.2) is 24.6 Å². The first kappa shape index (κ1) is 16.5. The summed E-state index contributed by atoms with van der Waals surface area (Å²) in [6.07, 6.45) is -7.44. The molecule has 0 N–H and O–H groups in total. The van der Waals surface area contributed by atoms with Crippen LogP contribution in [0.15, 0.2) is 19.9 Å². The molecule has 11 heteroatoms. The smallest absolute Gasteiger partial charge is 0.399 e. The highest BCUT2D eigenvalue weighted by Gasteiger charge is 2.72. The van der Waals surface area contributed by atoms with E-state index in [-0.39, 0.29) is 5.76 Å². The second-order valence-electron chi connectivity index (χ2n) is 3.63. The van der Waals surface area contributed by atoms with Gasteiger partial charge in [0, 0.05) is 6.42 Å². The summed E-state index contributed by atoms with van der Waals surface area (Å²) in [5, 5.41) is 0. The fourth-order valence-electron chi connectivity index (χ4n) is 1.07.